The number of benzene rings is 3. The van der Waals surface area contributed by atoms with Crippen molar-refractivity contribution in [3.05, 3.63) is 96.3 Å². The van der Waals surface area contributed by atoms with Crippen molar-refractivity contribution < 1.29 is 0 Å². The van der Waals surface area contributed by atoms with Crippen LogP contribution in [0.25, 0.3) is 44.7 Å². The van der Waals surface area contributed by atoms with E-state index in [0.29, 0.717) is 11.1 Å². The van der Waals surface area contributed by atoms with Crippen molar-refractivity contribution in [3.63, 3.8) is 0 Å². The molecule has 0 N–H and O–H groups in total. The highest BCUT2D eigenvalue weighted by Crippen LogP contribution is 2.31. The van der Waals surface area contributed by atoms with Crippen LogP contribution in [0.4, 0.5) is 0 Å². The summed E-state index contributed by atoms with van der Waals surface area (Å²) in [6, 6.07) is 27.9. The molecule has 0 saturated heterocycles. The molecular weight excluding hydrogens is 424 g/mol. The summed E-state index contributed by atoms with van der Waals surface area (Å²) in [6.45, 7) is 0. The third-order valence-electron chi connectivity index (χ3n) is 6.22. The van der Waals surface area contributed by atoms with Gasteiger partial charge in [-0.1, -0.05) is 18.2 Å². The fourth-order valence-electron chi connectivity index (χ4n) is 4.88. The molecule has 158 valence electrons. The molecule has 0 aliphatic carbocycles. The van der Waals surface area contributed by atoms with Gasteiger partial charge in [-0.25, -0.2) is 9.03 Å². The highest BCUT2D eigenvalue weighted by atomic mass is 15.3. The maximum Gasteiger partial charge on any atom is 0.141 e. The van der Waals surface area contributed by atoms with Crippen molar-refractivity contribution in [2.45, 2.75) is 0 Å². The van der Waals surface area contributed by atoms with E-state index in [1.54, 1.807) is 12.4 Å². The van der Waals surface area contributed by atoms with E-state index in [1.165, 1.54) is 0 Å². The topological polar surface area (TPSA) is 92.0 Å². The second-order valence-electron chi connectivity index (χ2n) is 7.96. The van der Waals surface area contributed by atoms with Crippen molar-refractivity contribution in [1.29, 1.82) is 10.5 Å². The maximum absolute atomic E-state index is 9.81. The highest BCUT2D eigenvalue weighted by Gasteiger charge is 2.19. The van der Waals surface area contributed by atoms with Gasteiger partial charge >= 0.3 is 0 Å². The number of imidazole rings is 2. The summed E-state index contributed by atoms with van der Waals surface area (Å²) < 4.78 is 7.79. The maximum atomic E-state index is 9.81. The molecule has 4 heterocycles. The monoisotopic (exact) mass is 438 g/mol. The lowest BCUT2D eigenvalue weighted by Crippen LogP contribution is -2.00. The van der Waals surface area contributed by atoms with Crippen LogP contribution in [0.15, 0.2) is 85.2 Å². The second-order valence-corrected chi connectivity index (χ2v) is 7.96. The Kier molecular flexibility index (Phi) is 3.53. The lowest BCUT2D eigenvalue weighted by atomic mass is 10.1. The Labute approximate surface area is 192 Å². The van der Waals surface area contributed by atoms with E-state index in [2.05, 4.69) is 37.5 Å². The Morgan fingerprint density at radius 2 is 1.06 bits per heavy atom. The van der Waals surface area contributed by atoms with Crippen LogP contribution in [0.3, 0.4) is 0 Å². The molecule has 0 aliphatic heterocycles. The molecule has 0 unspecified atom stereocenters. The molecule has 0 fully saturated rings. The molecule has 3 aromatic carbocycles. The van der Waals surface area contributed by atoms with Gasteiger partial charge in [0.2, 0.25) is 0 Å². The van der Waals surface area contributed by atoms with Crippen molar-refractivity contribution in [1.82, 2.24) is 28.4 Å². The summed E-state index contributed by atoms with van der Waals surface area (Å²) in [6.07, 6.45) is 3.51. The average molecular weight is 438 g/mol. The minimum absolute atomic E-state index is 0.574. The molecule has 0 amide bonds. The molecule has 7 aromatic rings. The van der Waals surface area contributed by atoms with Crippen molar-refractivity contribution in [2.75, 3.05) is 0 Å². The van der Waals surface area contributed by atoms with Gasteiger partial charge in [0, 0.05) is 23.5 Å². The largest absolute Gasteiger partial charge is 0.291 e. The highest BCUT2D eigenvalue weighted by molar-refractivity contribution is 5.90. The van der Waals surface area contributed by atoms with Gasteiger partial charge in [-0.15, -0.1) is 0 Å². The van der Waals surface area contributed by atoms with E-state index in [0.717, 1.165) is 44.7 Å². The zero-order valence-electron chi connectivity index (χ0n) is 17.7. The van der Waals surface area contributed by atoms with E-state index in [4.69, 9.17) is 0 Å². The molecule has 0 saturated carbocycles. The summed E-state index contributed by atoms with van der Waals surface area (Å²) in [4.78, 5) is 0. The van der Waals surface area contributed by atoms with Crippen LogP contribution in [0.1, 0.15) is 11.1 Å². The van der Waals surface area contributed by atoms with E-state index < -0.39 is 0 Å². The molecule has 0 spiro atoms. The quantitative estimate of drug-likeness (QED) is 0.394. The minimum atomic E-state index is 0.574. The van der Waals surface area contributed by atoms with Crippen LogP contribution in [-0.4, -0.2) is 28.4 Å². The number of fused-ring (bicyclic) bond motifs is 6. The Balaban J connectivity index is 1.58. The molecule has 0 bridgehead atoms. The summed E-state index contributed by atoms with van der Waals surface area (Å²) in [5.41, 5.74) is 7.96. The van der Waals surface area contributed by atoms with Crippen LogP contribution < -0.4 is 0 Å². The van der Waals surface area contributed by atoms with E-state index in [9.17, 15) is 10.5 Å². The molecule has 7 rings (SSSR count). The zero-order valence-corrected chi connectivity index (χ0v) is 17.7. The summed E-state index contributed by atoms with van der Waals surface area (Å²) >= 11 is 0. The van der Waals surface area contributed by atoms with Gasteiger partial charge in [0.15, 0.2) is 0 Å². The number of hydrogen-bond acceptors (Lipinski definition) is 4. The first-order chi connectivity index (χ1) is 16.8. The first kappa shape index (κ1) is 18.3. The zero-order chi connectivity index (χ0) is 22.8. The van der Waals surface area contributed by atoms with Gasteiger partial charge in [-0.3, -0.25) is 9.13 Å². The van der Waals surface area contributed by atoms with Crippen LogP contribution in [0, 0.1) is 22.7 Å². The first-order valence-electron chi connectivity index (χ1n) is 10.7. The molecule has 0 aliphatic rings. The van der Waals surface area contributed by atoms with Gasteiger partial charge in [0.25, 0.3) is 0 Å². The number of para-hydroxylation sites is 2. The van der Waals surface area contributed by atoms with Gasteiger partial charge in [-0.2, -0.15) is 20.7 Å². The average Bonchev–Trinajstić information content (AvgIpc) is 3.64. The minimum Gasteiger partial charge on any atom is -0.291 e. The third kappa shape index (κ3) is 2.23. The van der Waals surface area contributed by atoms with Crippen LogP contribution in [0.2, 0.25) is 0 Å². The lowest BCUT2D eigenvalue weighted by Gasteiger charge is -2.11. The predicted molar refractivity (Wildman–Crippen MR) is 127 cm³/mol. The molecular formula is C26H14N8. The second kappa shape index (κ2) is 6.58. The van der Waals surface area contributed by atoms with Gasteiger partial charge in [-0.05, 0) is 42.5 Å². The summed E-state index contributed by atoms with van der Waals surface area (Å²) in [7, 11) is 0. The summed E-state index contributed by atoms with van der Waals surface area (Å²) in [5.74, 6) is 0. The SMILES string of the molecule is N#Cc1cccc2c1n(-c1cccc(-n3c4c(C#N)cccc4n4nccc34)c1)c1ccnn21. The van der Waals surface area contributed by atoms with Gasteiger partial charge in [0.05, 0.1) is 45.6 Å². The van der Waals surface area contributed by atoms with E-state index in [1.807, 2.05) is 75.8 Å². The molecule has 4 aromatic heterocycles. The smallest absolute Gasteiger partial charge is 0.141 e. The van der Waals surface area contributed by atoms with Crippen LogP contribution in [0.5, 0.6) is 0 Å². The van der Waals surface area contributed by atoms with E-state index >= 15 is 0 Å². The first-order valence-corrected chi connectivity index (χ1v) is 10.7. The van der Waals surface area contributed by atoms with E-state index in [-0.39, 0.29) is 0 Å². The Bertz CT molecular complexity index is 1860. The Morgan fingerprint density at radius 3 is 1.53 bits per heavy atom. The number of rotatable bonds is 2. The van der Waals surface area contributed by atoms with Crippen molar-refractivity contribution in [3.8, 4) is 23.5 Å². The molecule has 8 nitrogen and oxygen atoms in total. The van der Waals surface area contributed by atoms with Crippen molar-refractivity contribution in [2.24, 2.45) is 0 Å². The van der Waals surface area contributed by atoms with Gasteiger partial charge < -0.3 is 0 Å². The number of hydrogen-bond donors (Lipinski definition) is 0. The molecule has 34 heavy (non-hydrogen) atoms. The fourth-order valence-corrected chi connectivity index (χ4v) is 4.88. The van der Waals surface area contributed by atoms with Gasteiger partial charge in [0.1, 0.15) is 23.4 Å². The summed E-state index contributed by atoms with van der Waals surface area (Å²) in [5, 5.41) is 28.6. The standard InChI is InChI=1S/C26H14N8/c27-15-17-4-1-8-21-25(17)31(23-10-12-29-33(21)23)19-6-3-7-20(14-19)32-24-11-13-30-34(24)22-9-2-5-18(16-28)26(22)32/h1-14H. The fraction of sp³-hybridized carbons (Fsp3) is 0. The third-order valence-corrected chi connectivity index (χ3v) is 6.22. The van der Waals surface area contributed by atoms with Crippen LogP contribution in [-0.2, 0) is 0 Å². The Hall–Kier alpha value is -5.34. The number of nitriles is 2. The lowest BCUT2D eigenvalue weighted by molar-refractivity contribution is 0.987. The Morgan fingerprint density at radius 1 is 0.588 bits per heavy atom. The van der Waals surface area contributed by atoms with Crippen LogP contribution >= 0.6 is 0 Å². The predicted octanol–water partition coefficient (Wildman–Crippen LogP) is 4.61. The normalized spacial score (nSPS) is 11.5. The number of nitrogens with zero attached hydrogens (tertiary/aromatic N) is 8. The molecule has 0 atom stereocenters. The van der Waals surface area contributed by atoms with Crippen molar-refractivity contribution >= 4 is 33.4 Å². The molecule has 0 radical (unpaired) electrons. The number of aromatic nitrogens is 6. The molecule has 8 heteroatoms.